The molecule has 0 aliphatic heterocycles. The summed E-state index contributed by atoms with van der Waals surface area (Å²) in [6.07, 6.45) is 1.83. The van der Waals surface area contributed by atoms with Gasteiger partial charge in [0.2, 0.25) is 0 Å². The third-order valence-electron chi connectivity index (χ3n) is 2.25. The Bertz CT molecular complexity index is 445. The van der Waals surface area contributed by atoms with Crippen LogP contribution in [-0.4, -0.2) is 24.3 Å². The molecule has 0 fully saturated rings. The smallest absolute Gasteiger partial charge is 0.106 e. The highest BCUT2D eigenvalue weighted by Crippen LogP contribution is 2.26. The highest BCUT2D eigenvalue weighted by atomic mass is 79.9. The van der Waals surface area contributed by atoms with E-state index in [1.165, 1.54) is 5.69 Å². The zero-order valence-corrected chi connectivity index (χ0v) is 10.2. The van der Waals surface area contributed by atoms with Crippen LogP contribution >= 0.6 is 15.9 Å². The monoisotopic (exact) mass is 265 g/mol. The molecule has 2 aromatic rings. The molecule has 0 saturated carbocycles. The van der Waals surface area contributed by atoms with Crippen LogP contribution in [0.3, 0.4) is 0 Å². The summed E-state index contributed by atoms with van der Waals surface area (Å²) < 4.78 is 0.986. The number of nitrogens with one attached hydrogen (secondary N) is 1. The van der Waals surface area contributed by atoms with E-state index >= 15 is 0 Å². The van der Waals surface area contributed by atoms with E-state index in [4.69, 9.17) is 0 Å². The van der Waals surface area contributed by atoms with Crippen molar-refractivity contribution in [1.29, 1.82) is 0 Å². The van der Waals surface area contributed by atoms with E-state index < -0.39 is 0 Å². The summed E-state index contributed by atoms with van der Waals surface area (Å²) in [7, 11) is 4.05. The predicted octanol–water partition coefficient (Wildman–Crippen LogP) is 2.91. The van der Waals surface area contributed by atoms with Gasteiger partial charge in [-0.25, -0.2) is 0 Å². The van der Waals surface area contributed by atoms with Crippen LogP contribution in [-0.2, 0) is 0 Å². The molecule has 0 saturated heterocycles. The normalized spacial score (nSPS) is 10.3. The number of hydrogen-bond donors (Lipinski definition) is 1. The molecule has 1 aromatic carbocycles. The second-order valence-electron chi connectivity index (χ2n) is 3.52. The van der Waals surface area contributed by atoms with E-state index in [9.17, 15) is 0 Å². The van der Waals surface area contributed by atoms with Gasteiger partial charge < -0.3 is 4.90 Å². The van der Waals surface area contributed by atoms with Crippen LogP contribution in [0.4, 0.5) is 5.69 Å². The Balaban J connectivity index is 2.36. The molecule has 0 amide bonds. The third-order valence-corrected chi connectivity index (χ3v) is 2.86. The number of halogens is 1. The van der Waals surface area contributed by atoms with Gasteiger partial charge in [0, 0.05) is 31.5 Å². The fraction of sp³-hybridized carbons (Fsp3) is 0.182. The molecule has 0 atom stereocenters. The van der Waals surface area contributed by atoms with Crippen LogP contribution in [0.2, 0.25) is 0 Å². The van der Waals surface area contributed by atoms with E-state index in [1.54, 1.807) is 0 Å². The number of H-pyrrole nitrogens is 1. The average Bonchev–Trinajstić information content (AvgIpc) is 2.65. The molecule has 1 aromatic heterocycles. The molecular weight excluding hydrogens is 254 g/mol. The van der Waals surface area contributed by atoms with E-state index in [1.807, 2.05) is 20.3 Å². The maximum atomic E-state index is 4.18. The van der Waals surface area contributed by atoms with Crippen LogP contribution in [0.15, 0.2) is 34.9 Å². The molecule has 1 heterocycles. The predicted molar refractivity (Wildman–Crippen MR) is 66.1 cm³/mol. The first kappa shape index (κ1) is 10.2. The Hall–Kier alpha value is -1.29. The van der Waals surface area contributed by atoms with Crippen LogP contribution in [0, 0.1) is 0 Å². The van der Waals surface area contributed by atoms with Crippen molar-refractivity contribution in [3.63, 3.8) is 0 Å². The number of aromatic nitrogens is 2. The standard InChI is InChI=1S/C11H12BrN3/c1-15(2)9-5-3-8(4-6-9)11-10(12)7-13-14-11/h3-7H,1-2H3,(H,13,14). The van der Waals surface area contributed by atoms with Crippen LogP contribution in [0.5, 0.6) is 0 Å². The molecule has 0 spiro atoms. The van der Waals surface area contributed by atoms with Gasteiger partial charge in [-0.15, -0.1) is 0 Å². The molecule has 0 aliphatic rings. The van der Waals surface area contributed by atoms with Gasteiger partial charge in [-0.2, -0.15) is 5.10 Å². The molecule has 4 heteroatoms. The minimum Gasteiger partial charge on any atom is -0.378 e. The summed E-state index contributed by atoms with van der Waals surface area (Å²) >= 11 is 3.45. The Morgan fingerprint density at radius 1 is 1.20 bits per heavy atom. The highest BCUT2D eigenvalue weighted by molar-refractivity contribution is 9.10. The second kappa shape index (κ2) is 4.06. The molecule has 1 N–H and O–H groups in total. The fourth-order valence-electron chi connectivity index (χ4n) is 1.40. The number of aromatic amines is 1. The Kier molecular flexibility index (Phi) is 2.77. The molecule has 0 unspecified atom stereocenters. The van der Waals surface area contributed by atoms with Gasteiger partial charge in [0.05, 0.1) is 4.47 Å². The Labute approximate surface area is 97.2 Å². The minimum absolute atomic E-state index is 0.945. The lowest BCUT2D eigenvalue weighted by atomic mass is 10.1. The first-order chi connectivity index (χ1) is 7.18. The van der Waals surface area contributed by atoms with Gasteiger partial charge in [-0.3, -0.25) is 5.10 Å². The lowest BCUT2D eigenvalue weighted by Crippen LogP contribution is -2.07. The molecule has 0 radical (unpaired) electrons. The van der Waals surface area contributed by atoms with E-state index in [-0.39, 0.29) is 0 Å². The summed E-state index contributed by atoms with van der Waals surface area (Å²) in [4.78, 5) is 2.07. The van der Waals surface area contributed by atoms with Crippen molar-refractivity contribution in [2.24, 2.45) is 0 Å². The van der Waals surface area contributed by atoms with Crippen molar-refractivity contribution in [3.8, 4) is 11.3 Å². The average molecular weight is 266 g/mol. The summed E-state index contributed by atoms with van der Waals surface area (Å²) in [5.41, 5.74) is 3.24. The summed E-state index contributed by atoms with van der Waals surface area (Å²) in [5.74, 6) is 0. The Morgan fingerprint density at radius 2 is 1.87 bits per heavy atom. The van der Waals surface area contributed by atoms with Crippen molar-refractivity contribution in [2.75, 3.05) is 19.0 Å². The maximum Gasteiger partial charge on any atom is 0.106 e. The molecular formula is C11H12BrN3. The molecule has 2 rings (SSSR count). The van der Waals surface area contributed by atoms with Gasteiger partial charge in [0.1, 0.15) is 5.69 Å². The number of benzene rings is 1. The van der Waals surface area contributed by atoms with Crippen molar-refractivity contribution in [1.82, 2.24) is 10.2 Å². The summed E-state index contributed by atoms with van der Waals surface area (Å²) in [6.45, 7) is 0. The molecule has 15 heavy (non-hydrogen) atoms. The topological polar surface area (TPSA) is 31.9 Å². The van der Waals surface area contributed by atoms with Crippen molar-refractivity contribution < 1.29 is 0 Å². The van der Waals surface area contributed by atoms with E-state index in [0.29, 0.717) is 0 Å². The number of anilines is 1. The largest absolute Gasteiger partial charge is 0.378 e. The zero-order valence-electron chi connectivity index (χ0n) is 8.66. The number of rotatable bonds is 2. The minimum atomic E-state index is 0.945. The summed E-state index contributed by atoms with van der Waals surface area (Å²) in [5, 5.41) is 7.00. The quantitative estimate of drug-likeness (QED) is 0.906. The zero-order chi connectivity index (χ0) is 10.8. The third kappa shape index (κ3) is 2.04. The fourth-order valence-corrected chi connectivity index (χ4v) is 1.82. The molecule has 0 bridgehead atoms. The van der Waals surface area contributed by atoms with Gasteiger partial charge in [0.15, 0.2) is 0 Å². The van der Waals surface area contributed by atoms with Gasteiger partial charge in [0.25, 0.3) is 0 Å². The van der Waals surface area contributed by atoms with Crippen molar-refractivity contribution in [2.45, 2.75) is 0 Å². The lowest BCUT2D eigenvalue weighted by Gasteiger charge is -2.12. The molecule has 0 aliphatic carbocycles. The van der Waals surface area contributed by atoms with Gasteiger partial charge >= 0.3 is 0 Å². The Morgan fingerprint density at radius 3 is 2.33 bits per heavy atom. The van der Waals surface area contributed by atoms with E-state index in [0.717, 1.165) is 15.7 Å². The highest BCUT2D eigenvalue weighted by Gasteiger charge is 2.05. The van der Waals surface area contributed by atoms with Gasteiger partial charge in [-0.05, 0) is 28.1 Å². The first-order valence-corrected chi connectivity index (χ1v) is 5.45. The van der Waals surface area contributed by atoms with Gasteiger partial charge in [-0.1, -0.05) is 12.1 Å². The van der Waals surface area contributed by atoms with Crippen LogP contribution in [0.1, 0.15) is 0 Å². The van der Waals surface area contributed by atoms with E-state index in [2.05, 4.69) is 55.3 Å². The number of nitrogens with zero attached hydrogens (tertiary/aromatic N) is 2. The SMILES string of the molecule is CN(C)c1ccc(-c2n[nH]cc2Br)cc1. The summed E-state index contributed by atoms with van der Waals surface area (Å²) in [6, 6.07) is 8.29. The first-order valence-electron chi connectivity index (χ1n) is 4.65. The van der Waals surface area contributed by atoms with Crippen molar-refractivity contribution in [3.05, 3.63) is 34.9 Å². The second-order valence-corrected chi connectivity index (χ2v) is 4.38. The number of hydrogen-bond acceptors (Lipinski definition) is 2. The maximum absolute atomic E-state index is 4.18. The molecule has 78 valence electrons. The van der Waals surface area contributed by atoms with Crippen LogP contribution in [0.25, 0.3) is 11.3 Å². The van der Waals surface area contributed by atoms with Crippen molar-refractivity contribution >= 4 is 21.6 Å². The lowest BCUT2D eigenvalue weighted by molar-refractivity contribution is 1.09. The van der Waals surface area contributed by atoms with Crippen LogP contribution < -0.4 is 4.90 Å². The molecule has 3 nitrogen and oxygen atoms in total.